The molecule has 0 amide bonds. The SMILES string of the molecule is CC1(S(=O)(=O)c2cccc(C(F)(F)F)c2)CCOC(c2cc(CS(=O)O)nn2CCO)C1. The summed E-state index contributed by atoms with van der Waals surface area (Å²) in [7, 11) is -4.17. The van der Waals surface area contributed by atoms with Crippen LogP contribution < -0.4 is 0 Å². The summed E-state index contributed by atoms with van der Waals surface area (Å²) in [5.74, 6) is -0.252. The molecule has 0 saturated carbocycles. The molecule has 1 aliphatic heterocycles. The van der Waals surface area contributed by atoms with Gasteiger partial charge in [0, 0.05) is 6.61 Å². The minimum atomic E-state index is -4.68. The summed E-state index contributed by atoms with van der Waals surface area (Å²) in [6.07, 6.45) is -5.45. The Bertz CT molecular complexity index is 1100. The first-order valence-electron chi connectivity index (χ1n) is 9.66. The summed E-state index contributed by atoms with van der Waals surface area (Å²) in [6, 6.07) is 5.17. The van der Waals surface area contributed by atoms with Crippen molar-refractivity contribution in [3.8, 4) is 0 Å². The number of benzene rings is 1. The fourth-order valence-corrected chi connectivity index (χ4v) is 5.97. The number of hydrogen-bond acceptors (Lipinski definition) is 6. The number of sulfone groups is 1. The highest BCUT2D eigenvalue weighted by Gasteiger charge is 2.46. The fourth-order valence-electron chi connectivity index (χ4n) is 3.75. The summed E-state index contributed by atoms with van der Waals surface area (Å²) >= 11 is -2.15. The van der Waals surface area contributed by atoms with Crippen LogP contribution in [-0.4, -0.2) is 50.0 Å². The third kappa shape index (κ3) is 5.06. The fraction of sp³-hybridized carbons (Fsp3) is 0.526. The van der Waals surface area contributed by atoms with Crippen LogP contribution in [0.15, 0.2) is 35.2 Å². The third-order valence-corrected chi connectivity index (χ3v) is 8.55. The molecule has 13 heteroatoms. The van der Waals surface area contributed by atoms with Crippen LogP contribution in [0.5, 0.6) is 0 Å². The Morgan fingerprint density at radius 2 is 2.06 bits per heavy atom. The number of ether oxygens (including phenoxy) is 1. The number of rotatable bonds is 7. The van der Waals surface area contributed by atoms with E-state index >= 15 is 0 Å². The van der Waals surface area contributed by atoms with E-state index < -0.39 is 48.4 Å². The Labute approximate surface area is 185 Å². The molecule has 1 aromatic carbocycles. The van der Waals surface area contributed by atoms with Crippen LogP contribution in [0, 0.1) is 0 Å². The summed E-state index contributed by atoms with van der Waals surface area (Å²) in [5, 5.41) is 13.5. The normalized spacial score (nSPS) is 23.2. The third-order valence-electron chi connectivity index (χ3n) is 5.46. The van der Waals surface area contributed by atoms with E-state index in [1.54, 1.807) is 0 Å². The van der Waals surface area contributed by atoms with Gasteiger partial charge >= 0.3 is 6.18 Å². The van der Waals surface area contributed by atoms with Gasteiger partial charge in [0.05, 0.1) is 45.5 Å². The summed E-state index contributed by atoms with van der Waals surface area (Å²) in [4.78, 5) is -0.421. The zero-order valence-electron chi connectivity index (χ0n) is 17.1. The van der Waals surface area contributed by atoms with Gasteiger partial charge in [-0.15, -0.1) is 0 Å². The molecule has 1 fully saturated rings. The molecule has 2 heterocycles. The lowest BCUT2D eigenvalue weighted by Gasteiger charge is -2.37. The molecule has 2 aromatic rings. The van der Waals surface area contributed by atoms with Crippen molar-refractivity contribution in [3.63, 3.8) is 0 Å². The minimum Gasteiger partial charge on any atom is -0.394 e. The van der Waals surface area contributed by atoms with Crippen molar-refractivity contribution < 1.29 is 40.2 Å². The van der Waals surface area contributed by atoms with Crippen LogP contribution in [-0.2, 0) is 44.1 Å². The highest BCUT2D eigenvalue weighted by atomic mass is 32.2. The van der Waals surface area contributed by atoms with Crippen molar-refractivity contribution in [2.24, 2.45) is 0 Å². The molecule has 2 N–H and O–H groups in total. The van der Waals surface area contributed by atoms with Gasteiger partial charge in [-0.3, -0.25) is 4.68 Å². The molecule has 0 bridgehead atoms. The average Bonchev–Trinajstić information content (AvgIpc) is 3.09. The second kappa shape index (κ2) is 9.21. The molecule has 3 unspecified atom stereocenters. The number of halogens is 3. The first-order valence-corrected chi connectivity index (χ1v) is 12.4. The van der Waals surface area contributed by atoms with Gasteiger partial charge in [-0.2, -0.15) is 18.3 Å². The van der Waals surface area contributed by atoms with Crippen molar-refractivity contribution in [3.05, 3.63) is 47.3 Å². The summed E-state index contributed by atoms with van der Waals surface area (Å²) in [6.45, 7) is 1.28. The van der Waals surface area contributed by atoms with E-state index in [9.17, 15) is 30.9 Å². The van der Waals surface area contributed by atoms with E-state index in [2.05, 4.69) is 5.10 Å². The van der Waals surface area contributed by atoms with E-state index in [0.717, 1.165) is 18.2 Å². The monoisotopic (exact) mass is 496 g/mol. The quantitative estimate of drug-likeness (QED) is 0.566. The molecule has 1 aromatic heterocycles. The van der Waals surface area contributed by atoms with Gasteiger partial charge in [0.25, 0.3) is 0 Å². The summed E-state index contributed by atoms with van der Waals surface area (Å²) in [5.41, 5.74) is -0.357. The first kappa shape index (κ1) is 24.8. The van der Waals surface area contributed by atoms with Gasteiger partial charge in [0.2, 0.25) is 0 Å². The van der Waals surface area contributed by atoms with Gasteiger partial charge in [-0.05, 0) is 44.0 Å². The van der Waals surface area contributed by atoms with Crippen LogP contribution in [0.25, 0.3) is 0 Å². The number of aromatic nitrogens is 2. The Morgan fingerprint density at radius 1 is 1.34 bits per heavy atom. The zero-order chi connectivity index (χ0) is 23.7. The average molecular weight is 497 g/mol. The molecule has 0 radical (unpaired) electrons. The van der Waals surface area contributed by atoms with Crippen molar-refractivity contribution in [2.75, 3.05) is 13.2 Å². The zero-order valence-corrected chi connectivity index (χ0v) is 18.7. The number of aliphatic hydroxyl groups is 1. The van der Waals surface area contributed by atoms with Crippen LogP contribution in [0.1, 0.15) is 42.8 Å². The molecule has 178 valence electrons. The van der Waals surface area contributed by atoms with Crippen LogP contribution in [0.3, 0.4) is 0 Å². The van der Waals surface area contributed by atoms with E-state index in [1.807, 2.05) is 0 Å². The maximum Gasteiger partial charge on any atom is 0.416 e. The van der Waals surface area contributed by atoms with Crippen LogP contribution >= 0.6 is 0 Å². The standard InChI is InChI=1S/C19H23F3N2O6S2/c1-18(32(28,29)15-4-2-3-13(9-15)19(20,21)22)5-8-30-17(11-18)16-10-14(12-31(26)27)23-24(16)6-7-25/h2-4,9-10,17,25H,5-8,11-12H2,1H3,(H,26,27). The van der Waals surface area contributed by atoms with E-state index in [-0.39, 0.29) is 44.0 Å². The smallest absolute Gasteiger partial charge is 0.394 e. The largest absolute Gasteiger partial charge is 0.416 e. The Hall–Kier alpha value is -1.80. The van der Waals surface area contributed by atoms with Crippen molar-refractivity contribution >= 4 is 20.9 Å². The van der Waals surface area contributed by atoms with Gasteiger partial charge < -0.3 is 14.4 Å². The lowest BCUT2D eigenvalue weighted by atomic mass is 9.94. The maximum atomic E-state index is 13.4. The van der Waals surface area contributed by atoms with Crippen molar-refractivity contribution in [1.29, 1.82) is 0 Å². The number of aliphatic hydroxyl groups excluding tert-OH is 1. The maximum absolute atomic E-state index is 13.4. The number of nitrogens with zero attached hydrogens (tertiary/aromatic N) is 2. The highest BCUT2D eigenvalue weighted by molar-refractivity contribution is 7.92. The van der Waals surface area contributed by atoms with Crippen molar-refractivity contribution in [1.82, 2.24) is 9.78 Å². The van der Waals surface area contributed by atoms with E-state index in [4.69, 9.17) is 9.29 Å². The van der Waals surface area contributed by atoms with Gasteiger partial charge in [0.15, 0.2) is 20.9 Å². The Balaban J connectivity index is 1.95. The predicted octanol–water partition coefficient (Wildman–Crippen LogP) is 2.70. The lowest BCUT2D eigenvalue weighted by molar-refractivity contribution is -0.137. The molecule has 8 nitrogen and oxygen atoms in total. The lowest BCUT2D eigenvalue weighted by Crippen LogP contribution is -2.42. The van der Waals surface area contributed by atoms with Gasteiger partial charge in [-0.1, -0.05) is 6.07 Å². The summed E-state index contributed by atoms with van der Waals surface area (Å²) < 4.78 is 92.0. The van der Waals surface area contributed by atoms with Gasteiger partial charge in [0.1, 0.15) is 6.10 Å². The molecular weight excluding hydrogens is 473 g/mol. The second-order valence-electron chi connectivity index (χ2n) is 7.77. The number of hydrogen-bond donors (Lipinski definition) is 2. The molecule has 1 aliphatic rings. The van der Waals surface area contributed by atoms with E-state index in [0.29, 0.717) is 11.8 Å². The molecule has 3 atom stereocenters. The molecule has 0 aliphatic carbocycles. The highest BCUT2D eigenvalue weighted by Crippen LogP contribution is 2.43. The first-order chi connectivity index (χ1) is 14.9. The Morgan fingerprint density at radius 3 is 2.69 bits per heavy atom. The molecule has 0 spiro atoms. The molecule has 1 saturated heterocycles. The second-order valence-corrected chi connectivity index (χ2v) is 11.2. The molecular formula is C19H23F3N2O6S2. The Kier molecular flexibility index (Phi) is 7.15. The van der Waals surface area contributed by atoms with Gasteiger partial charge in [-0.25, -0.2) is 12.6 Å². The van der Waals surface area contributed by atoms with E-state index in [1.165, 1.54) is 17.7 Å². The topological polar surface area (TPSA) is 119 Å². The molecule has 32 heavy (non-hydrogen) atoms. The van der Waals surface area contributed by atoms with Crippen LogP contribution in [0.4, 0.5) is 13.2 Å². The number of alkyl halides is 3. The van der Waals surface area contributed by atoms with Crippen LogP contribution in [0.2, 0.25) is 0 Å². The minimum absolute atomic E-state index is 0.0327. The molecule has 3 rings (SSSR count). The predicted molar refractivity (Wildman–Crippen MR) is 109 cm³/mol. The van der Waals surface area contributed by atoms with Crippen molar-refractivity contribution in [2.45, 2.75) is 54.0 Å².